The monoisotopic (exact) mass is 277 g/mol. The molecule has 8 heteroatoms. The normalized spacial score (nSPS) is 20.1. The van der Waals surface area contributed by atoms with E-state index in [9.17, 15) is 13.2 Å². The number of aromatic nitrogens is 3. The van der Waals surface area contributed by atoms with Gasteiger partial charge in [-0.2, -0.15) is 13.2 Å². The van der Waals surface area contributed by atoms with Crippen LogP contribution in [0.2, 0.25) is 0 Å². The third kappa shape index (κ3) is 2.46. The summed E-state index contributed by atoms with van der Waals surface area (Å²) in [5, 5.41) is 6.93. The Morgan fingerprint density at radius 2 is 1.95 bits per heavy atom. The van der Waals surface area contributed by atoms with Crippen molar-refractivity contribution in [3.8, 4) is 0 Å². The summed E-state index contributed by atoms with van der Waals surface area (Å²) in [6.45, 7) is 5.62. The maximum absolute atomic E-state index is 12.7. The highest BCUT2D eigenvalue weighted by molar-refractivity contribution is 5.04. The number of nitrogens with zero attached hydrogens (tertiary/aromatic N) is 4. The number of fused-ring (bicyclic) bond motifs is 1. The van der Waals surface area contributed by atoms with Gasteiger partial charge in [0.1, 0.15) is 5.82 Å². The molecule has 108 valence electrons. The molecule has 2 rings (SSSR count). The quantitative estimate of drug-likeness (QED) is 0.903. The Morgan fingerprint density at radius 1 is 1.26 bits per heavy atom. The second-order valence-electron chi connectivity index (χ2n) is 5.07. The van der Waals surface area contributed by atoms with Crippen LogP contribution in [0.3, 0.4) is 0 Å². The molecule has 2 heterocycles. The molecular weight excluding hydrogens is 259 g/mol. The minimum absolute atomic E-state index is 0.213. The van der Waals surface area contributed by atoms with Crippen LogP contribution in [-0.2, 0) is 19.3 Å². The van der Waals surface area contributed by atoms with Crippen LogP contribution in [0.15, 0.2) is 0 Å². The first kappa shape index (κ1) is 14.3. The zero-order chi connectivity index (χ0) is 14.3. The maximum atomic E-state index is 12.7. The van der Waals surface area contributed by atoms with Gasteiger partial charge in [0.2, 0.25) is 5.82 Å². The Hall–Kier alpha value is -1.15. The van der Waals surface area contributed by atoms with E-state index in [4.69, 9.17) is 5.73 Å². The summed E-state index contributed by atoms with van der Waals surface area (Å²) in [4.78, 5) is 2.08. The summed E-state index contributed by atoms with van der Waals surface area (Å²) in [6.07, 6.45) is -3.61. The highest BCUT2D eigenvalue weighted by Crippen LogP contribution is 2.31. The first-order valence-electron chi connectivity index (χ1n) is 6.26. The van der Waals surface area contributed by atoms with Gasteiger partial charge in [0.05, 0.1) is 6.54 Å². The topological polar surface area (TPSA) is 60.0 Å². The second kappa shape index (κ2) is 4.75. The van der Waals surface area contributed by atoms with Crippen molar-refractivity contribution in [2.45, 2.75) is 45.1 Å². The summed E-state index contributed by atoms with van der Waals surface area (Å²) >= 11 is 0. The molecule has 1 unspecified atom stereocenters. The van der Waals surface area contributed by atoms with E-state index < -0.39 is 12.0 Å². The van der Waals surface area contributed by atoms with Gasteiger partial charge in [-0.25, -0.2) is 0 Å². The summed E-state index contributed by atoms with van der Waals surface area (Å²) < 4.78 is 39.3. The van der Waals surface area contributed by atoms with E-state index >= 15 is 0 Å². The largest absolute Gasteiger partial charge is 0.451 e. The Morgan fingerprint density at radius 3 is 2.47 bits per heavy atom. The van der Waals surface area contributed by atoms with Gasteiger partial charge in [0, 0.05) is 25.2 Å². The van der Waals surface area contributed by atoms with Crippen molar-refractivity contribution >= 4 is 0 Å². The van der Waals surface area contributed by atoms with E-state index in [2.05, 4.69) is 15.1 Å². The number of alkyl halides is 3. The zero-order valence-electron chi connectivity index (χ0n) is 11.0. The van der Waals surface area contributed by atoms with Gasteiger partial charge in [0.25, 0.3) is 0 Å². The van der Waals surface area contributed by atoms with Crippen LogP contribution in [0.1, 0.15) is 31.9 Å². The first-order valence-corrected chi connectivity index (χ1v) is 6.26. The minimum atomic E-state index is -4.45. The molecule has 0 aromatic carbocycles. The molecule has 0 radical (unpaired) electrons. The Kier molecular flexibility index (Phi) is 3.57. The highest BCUT2D eigenvalue weighted by Gasteiger charge is 2.41. The molecule has 0 amide bonds. The van der Waals surface area contributed by atoms with E-state index in [1.165, 1.54) is 0 Å². The van der Waals surface area contributed by atoms with Crippen LogP contribution in [0, 0.1) is 0 Å². The molecule has 0 bridgehead atoms. The van der Waals surface area contributed by atoms with Crippen LogP contribution >= 0.6 is 0 Å². The molecule has 1 aromatic heterocycles. The lowest BCUT2D eigenvalue weighted by molar-refractivity contribution is -0.148. The molecular formula is C11H18F3N5. The fraction of sp³-hybridized carbons (Fsp3) is 0.818. The van der Waals surface area contributed by atoms with E-state index in [1.54, 1.807) is 0 Å². The highest BCUT2D eigenvalue weighted by atomic mass is 19.4. The molecule has 1 aromatic rings. The van der Waals surface area contributed by atoms with Gasteiger partial charge in [-0.15, -0.1) is 10.2 Å². The molecule has 1 aliphatic heterocycles. The minimum Gasteiger partial charge on any atom is -0.329 e. The van der Waals surface area contributed by atoms with Crippen molar-refractivity contribution in [2.75, 3.05) is 13.1 Å². The summed E-state index contributed by atoms with van der Waals surface area (Å²) in [5.41, 5.74) is 5.57. The van der Waals surface area contributed by atoms with E-state index in [0.717, 1.165) is 11.0 Å². The van der Waals surface area contributed by atoms with E-state index in [-0.39, 0.29) is 12.1 Å². The van der Waals surface area contributed by atoms with Crippen LogP contribution in [0.25, 0.3) is 0 Å². The third-order valence-corrected chi connectivity index (χ3v) is 3.97. The van der Waals surface area contributed by atoms with Crippen molar-refractivity contribution in [1.82, 2.24) is 19.7 Å². The number of nitrogens with two attached hydrogens (primary N) is 1. The smallest absolute Gasteiger partial charge is 0.329 e. The van der Waals surface area contributed by atoms with Gasteiger partial charge in [-0.3, -0.25) is 4.90 Å². The van der Waals surface area contributed by atoms with Crippen molar-refractivity contribution < 1.29 is 13.2 Å². The maximum Gasteiger partial charge on any atom is 0.451 e. The average molecular weight is 277 g/mol. The van der Waals surface area contributed by atoms with Gasteiger partial charge >= 0.3 is 6.18 Å². The molecule has 5 nitrogen and oxygen atoms in total. The average Bonchev–Trinajstić information content (AvgIpc) is 2.80. The first-order chi connectivity index (χ1) is 8.81. The van der Waals surface area contributed by atoms with Crippen LogP contribution < -0.4 is 5.73 Å². The lowest BCUT2D eigenvalue weighted by Gasteiger charge is -2.42. The molecule has 2 N–H and O–H groups in total. The lowest BCUT2D eigenvalue weighted by Crippen LogP contribution is -2.53. The summed E-state index contributed by atoms with van der Waals surface area (Å²) in [5.74, 6) is -0.556. The SMILES string of the molecule is CCC(C)(CN)N1CCn2c(nnc2C(F)(F)F)C1. The number of rotatable bonds is 3. The number of halogens is 3. The summed E-state index contributed by atoms with van der Waals surface area (Å²) in [7, 11) is 0. The fourth-order valence-corrected chi connectivity index (χ4v) is 2.33. The van der Waals surface area contributed by atoms with E-state index in [0.29, 0.717) is 25.5 Å². The molecule has 0 spiro atoms. The molecule has 0 fully saturated rings. The van der Waals surface area contributed by atoms with Crippen LogP contribution in [0.5, 0.6) is 0 Å². The Balaban J connectivity index is 2.25. The van der Waals surface area contributed by atoms with Crippen molar-refractivity contribution in [3.05, 3.63) is 11.6 Å². The number of hydrogen-bond donors (Lipinski definition) is 1. The second-order valence-corrected chi connectivity index (χ2v) is 5.07. The van der Waals surface area contributed by atoms with Crippen molar-refractivity contribution in [1.29, 1.82) is 0 Å². The number of hydrogen-bond acceptors (Lipinski definition) is 4. The molecule has 0 saturated heterocycles. The fourth-order valence-electron chi connectivity index (χ4n) is 2.33. The third-order valence-electron chi connectivity index (χ3n) is 3.97. The summed E-state index contributed by atoms with van der Waals surface area (Å²) in [6, 6.07) is 0. The standard InChI is InChI=1S/C11H18F3N5/c1-3-10(2,7-15)18-4-5-19-8(6-18)16-17-9(19)11(12,13)14/h3-7,15H2,1-2H3. The zero-order valence-corrected chi connectivity index (χ0v) is 11.0. The molecule has 1 atom stereocenters. The molecule has 0 aliphatic carbocycles. The predicted octanol–water partition coefficient (Wildman–Crippen LogP) is 1.24. The van der Waals surface area contributed by atoms with Crippen LogP contribution in [-0.4, -0.2) is 38.3 Å². The van der Waals surface area contributed by atoms with Gasteiger partial charge in [-0.1, -0.05) is 6.92 Å². The molecule has 19 heavy (non-hydrogen) atoms. The van der Waals surface area contributed by atoms with Gasteiger partial charge in [0.15, 0.2) is 0 Å². The van der Waals surface area contributed by atoms with Crippen LogP contribution in [0.4, 0.5) is 13.2 Å². The van der Waals surface area contributed by atoms with E-state index in [1.807, 2.05) is 13.8 Å². The Bertz CT molecular complexity index is 450. The van der Waals surface area contributed by atoms with Gasteiger partial charge in [-0.05, 0) is 13.3 Å². The van der Waals surface area contributed by atoms with Gasteiger partial charge < -0.3 is 10.3 Å². The van der Waals surface area contributed by atoms with Crippen molar-refractivity contribution in [2.24, 2.45) is 5.73 Å². The molecule has 1 aliphatic rings. The molecule has 0 saturated carbocycles. The lowest BCUT2D eigenvalue weighted by atomic mass is 9.96. The predicted molar refractivity (Wildman–Crippen MR) is 63.2 cm³/mol. The Labute approximate surface area is 109 Å². The van der Waals surface area contributed by atoms with Crippen molar-refractivity contribution in [3.63, 3.8) is 0 Å².